The molecule has 1 amide bonds. The Labute approximate surface area is 93.5 Å². The average molecular weight is 225 g/mol. The number of amides is 1. The van der Waals surface area contributed by atoms with Crippen molar-refractivity contribution in [3.8, 4) is 0 Å². The third-order valence-corrected chi connectivity index (χ3v) is 2.87. The highest BCUT2D eigenvalue weighted by atomic mass is 32.1. The highest BCUT2D eigenvalue weighted by Crippen LogP contribution is 2.27. The number of hydrogen-bond acceptors (Lipinski definition) is 2. The fraction of sp³-hybridized carbons (Fsp3) is 0.364. The first-order valence-corrected chi connectivity index (χ1v) is 5.30. The molecule has 1 fully saturated rings. The third-order valence-electron chi connectivity index (χ3n) is 2.60. The molecule has 1 aromatic carbocycles. The van der Waals surface area contributed by atoms with Crippen LogP contribution in [-0.4, -0.2) is 23.9 Å². The summed E-state index contributed by atoms with van der Waals surface area (Å²) in [5.41, 5.74) is 0.108. The standard InChI is InChI=1S/C11H12FNOS/c1-13(7-2-3-7)11(14)9-6-8(15)4-5-10(9)12/h4-7,15H,2-3H2,1H3. The molecule has 0 radical (unpaired) electrons. The smallest absolute Gasteiger partial charge is 0.256 e. The molecule has 4 heteroatoms. The molecule has 0 aliphatic heterocycles. The van der Waals surface area contributed by atoms with Gasteiger partial charge in [-0.2, -0.15) is 0 Å². The van der Waals surface area contributed by atoms with E-state index in [-0.39, 0.29) is 11.5 Å². The van der Waals surface area contributed by atoms with E-state index in [1.54, 1.807) is 11.9 Å². The summed E-state index contributed by atoms with van der Waals surface area (Å²) in [4.78, 5) is 14.1. The Bertz CT molecular complexity index is 404. The predicted molar refractivity (Wildman–Crippen MR) is 58.8 cm³/mol. The van der Waals surface area contributed by atoms with Crippen molar-refractivity contribution in [2.24, 2.45) is 0 Å². The molecular weight excluding hydrogens is 213 g/mol. The van der Waals surface area contributed by atoms with E-state index in [1.807, 2.05) is 0 Å². The van der Waals surface area contributed by atoms with Crippen LogP contribution in [0.2, 0.25) is 0 Å². The topological polar surface area (TPSA) is 20.3 Å². The van der Waals surface area contributed by atoms with Gasteiger partial charge in [0.15, 0.2) is 0 Å². The molecule has 2 nitrogen and oxygen atoms in total. The zero-order valence-electron chi connectivity index (χ0n) is 8.40. The molecule has 0 N–H and O–H groups in total. The fourth-order valence-electron chi connectivity index (χ4n) is 1.49. The molecule has 0 spiro atoms. The molecule has 1 aliphatic rings. The van der Waals surface area contributed by atoms with Gasteiger partial charge in [0.2, 0.25) is 0 Å². The van der Waals surface area contributed by atoms with Gasteiger partial charge in [-0.05, 0) is 31.0 Å². The van der Waals surface area contributed by atoms with Crippen molar-refractivity contribution in [1.29, 1.82) is 0 Å². The molecule has 1 aliphatic carbocycles. The minimum absolute atomic E-state index is 0.108. The van der Waals surface area contributed by atoms with Gasteiger partial charge in [-0.15, -0.1) is 12.6 Å². The lowest BCUT2D eigenvalue weighted by atomic mass is 10.2. The molecule has 80 valence electrons. The highest BCUT2D eigenvalue weighted by Gasteiger charge is 2.31. The number of carbonyl (C=O) groups excluding carboxylic acids is 1. The molecule has 1 aromatic rings. The first-order chi connectivity index (χ1) is 7.09. The second-order valence-corrected chi connectivity index (χ2v) is 4.33. The summed E-state index contributed by atoms with van der Waals surface area (Å²) in [6.45, 7) is 0. The minimum atomic E-state index is -0.481. The van der Waals surface area contributed by atoms with E-state index in [0.717, 1.165) is 12.8 Å². The average Bonchev–Trinajstić information content (AvgIpc) is 3.03. The van der Waals surface area contributed by atoms with Crippen LogP contribution in [0.15, 0.2) is 23.1 Å². The van der Waals surface area contributed by atoms with Gasteiger partial charge in [0.05, 0.1) is 5.56 Å². The van der Waals surface area contributed by atoms with Crippen LogP contribution in [0.5, 0.6) is 0 Å². The molecule has 2 rings (SSSR count). The normalized spacial score (nSPS) is 15.1. The molecule has 0 unspecified atom stereocenters. The molecule has 15 heavy (non-hydrogen) atoms. The molecule has 0 heterocycles. The van der Waals surface area contributed by atoms with Crippen LogP contribution in [0.4, 0.5) is 4.39 Å². The zero-order chi connectivity index (χ0) is 11.0. The predicted octanol–water partition coefficient (Wildman–Crippen LogP) is 2.35. The van der Waals surface area contributed by atoms with Gasteiger partial charge in [-0.1, -0.05) is 0 Å². The summed E-state index contributed by atoms with van der Waals surface area (Å²) in [6, 6.07) is 4.57. The first kappa shape index (κ1) is 10.5. The van der Waals surface area contributed by atoms with Crippen LogP contribution in [-0.2, 0) is 0 Å². The van der Waals surface area contributed by atoms with Crippen molar-refractivity contribution in [3.63, 3.8) is 0 Å². The summed E-state index contributed by atoms with van der Waals surface area (Å²) in [6.07, 6.45) is 2.04. The SMILES string of the molecule is CN(C(=O)c1cc(S)ccc1F)C1CC1. The van der Waals surface area contributed by atoms with Gasteiger partial charge in [-0.25, -0.2) is 4.39 Å². The number of nitrogens with zero attached hydrogens (tertiary/aromatic N) is 1. The van der Waals surface area contributed by atoms with E-state index in [1.165, 1.54) is 18.2 Å². The lowest BCUT2D eigenvalue weighted by Crippen LogP contribution is -2.29. The van der Waals surface area contributed by atoms with Crippen molar-refractivity contribution in [2.75, 3.05) is 7.05 Å². The van der Waals surface area contributed by atoms with Crippen molar-refractivity contribution in [1.82, 2.24) is 4.90 Å². The molecule has 0 saturated heterocycles. The summed E-state index contributed by atoms with van der Waals surface area (Å²) < 4.78 is 13.4. The van der Waals surface area contributed by atoms with Crippen LogP contribution in [0, 0.1) is 5.82 Å². The number of thiol groups is 1. The van der Waals surface area contributed by atoms with E-state index in [2.05, 4.69) is 12.6 Å². The van der Waals surface area contributed by atoms with Crippen molar-refractivity contribution >= 4 is 18.5 Å². The zero-order valence-corrected chi connectivity index (χ0v) is 9.30. The Morgan fingerprint density at radius 1 is 1.53 bits per heavy atom. The Balaban J connectivity index is 2.27. The summed E-state index contributed by atoms with van der Waals surface area (Å²) in [5.74, 6) is -0.740. The number of benzene rings is 1. The van der Waals surface area contributed by atoms with E-state index in [0.29, 0.717) is 10.9 Å². The molecule has 0 aromatic heterocycles. The largest absolute Gasteiger partial charge is 0.339 e. The molecule has 1 saturated carbocycles. The maximum atomic E-state index is 13.4. The lowest BCUT2D eigenvalue weighted by molar-refractivity contribution is 0.0780. The molecular formula is C11H12FNOS. The second-order valence-electron chi connectivity index (χ2n) is 3.81. The van der Waals surface area contributed by atoms with Crippen LogP contribution in [0.1, 0.15) is 23.2 Å². The van der Waals surface area contributed by atoms with Crippen LogP contribution >= 0.6 is 12.6 Å². The number of hydrogen-bond donors (Lipinski definition) is 1. The quantitative estimate of drug-likeness (QED) is 0.766. The number of rotatable bonds is 2. The maximum absolute atomic E-state index is 13.4. The molecule has 0 atom stereocenters. The summed E-state index contributed by atoms with van der Waals surface area (Å²) in [7, 11) is 1.71. The Morgan fingerprint density at radius 3 is 2.80 bits per heavy atom. The van der Waals surface area contributed by atoms with Gasteiger partial charge in [0, 0.05) is 18.0 Å². The van der Waals surface area contributed by atoms with E-state index in [9.17, 15) is 9.18 Å². The van der Waals surface area contributed by atoms with Crippen molar-refractivity contribution in [3.05, 3.63) is 29.6 Å². The summed E-state index contributed by atoms with van der Waals surface area (Å²) >= 11 is 4.09. The maximum Gasteiger partial charge on any atom is 0.256 e. The van der Waals surface area contributed by atoms with E-state index < -0.39 is 5.82 Å². The number of carbonyl (C=O) groups is 1. The van der Waals surface area contributed by atoms with Gasteiger partial charge >= 0.3 is 0 Å². The lowest BCUT2D eigenvalue weighted by Gasteiger charge is -2.16. The Kier molecular flexibility index (Phi) is 2.69. The summed E-state index contributed by atoms with van der Waals surface area (Å²) in [5, 5.41) is 0. The van der Waals surface area contributed by atoms with E-state index in [4.69, 9.17) is 0 Å². The number of halogens is 1. The van der Waals surface area contributed by atoms with Gasteiger partial charge < -0.3 is 4.90 Å². The minimum Gasteiger partial charge on any atom is -0.339 e. The first-order valence-electron chi connectivity index (χ1n) is 4.85. The van der Waals surface area contributed by atoms with Gasteiger partial charge in [0.25, 0.3) is 5.91 Å². The Morgan fingerprint density at radius 2 is 2.20 bits per heavy atom. The van der Waals surface area contributed by atoms with Crippen molar-refractivity contribution < 1.29 is 9.18 Å². The fourth-order valence-corrected chi connectivity index (χ4v) is 1.70. The van der Waals surface area contributed by atoms with Gasteiger partial charge in [-0.3, -0.25) is 4.79 Å². The van der Waals surface area contributed by atoms with Gasteiger partial charge in [0.1, 0.15) is 5.82 Å². The van der Waals surface area contributed by atoms with E-state index >= 15 is 0 Å². The van der Waals surface area contributed by atoms with Crippen LogP contribution < -0.4 is 0 Å². The third kappa shape index (κ3) is 2.15. The second kappa shape index (κ2) is 3.85. The van der Waals surface area contributed by atoms with Crippen molar-refractivity contribution in [2.45, 2.75) is 23.8 Å². The monoisotopic (exact) mass is 225 g/mol. The Hall–Kier alpha value is -1.03. The van der Waals surface area contributed by atoms with Crippen LogP contribution in [0.25, 0.3) is 0 Å². The highest BCUT2D eigenvalue weighted by molar-refractivity contribution is 7.80. The molecule has 0 bridgehead atoms. The van der Waals surface area contributed by atoms with Crippen LogP contribution in [0.3, 0.4) is 0 Å².